The number of hydrogen-bond acceptors (Lipinski definition) is 2. The largest absolute Gasteiger partial charge is 0.322 e. The number of benzene rings is 2. The number of amides is 2. The maximum atomic E-state index is 12.8. The van der Waals surface area contributed by atoms with Crippen molar-refractivity contribution in [1.82, 2.24) is 4.90 Å². The molecule has 2 aliphatic heterocycles. The SMILES string of the molecule is Cc1ccccc1C[NH+]1CC[NH+](CN2C(=O)C[C@H](c3ccccc3)C2=O)CC1. The highest BCUT2D eigenvalue weighted by Crippen LogP contribution is 2.28. The third-order valence-electron chi connectivity index (χ3n) is 6.19. The Hall–Kier alpha value is -2.50. The van der Waals surface area contributed by atoms with Crippen LogP contribution in [-0.4, -0.2) is 49.6 Å². The van der Waals surface area contributed by atoms with Gasteiger partial charge in [-0.3, -0.25) is 9.59 Å². The second-order valence-corrected chi connectivity index (χ2v) is 8.09. The highest BCUT2D eigenvalue weighted by atomic mass is 16.2. The van der Waals surface area contributed by atoms with Crippen LogP contribution in [0, 0.1) is 6.92 Å². The van der Waals surface area contributed by atoms with Crippen molar-refractivity contribution >= 4 is 11.8 Å². The highest BCUT2D eigenvalue weighted by molar-refractivity contribution is 6.06. The zero-order valence-electron chi connectivity index (χ0n) is 16.5. The molecule has 2 fully saturated rings. The molecule has 0 unspecified atom stereocenters. The van der Waals surface area contributed by atoms with Crippen molar-refractivity contribution in [2.24, 2.45) is 0 Å². The molecule has 2 aromatic carbocycles. The molecule has 2 N–H and O–H groups in total. The molecule has 2 aromatic rings. The number of likely N-dealkylation sites (tertiary alicyclic amines) is 1. The van der Waals surface area contributed by atoms with E-state index in [1.54, 1.807) is 4.90 Å². The van der Waals surface area contributed by atoms with Crippen LogP contribution in [-0.2, 0) is 16.1 Å². The van der Waals surface area contributed by atoms with E-state index in [0.717, 1.165) is 38.3 Å². The Morgan fingerprint density at radius 1 is 0.893 bits per heavy atom. The third kappa shape index (κ3) is 4.01. The molecule has 0 aromatic heterocycles. The molecule has 0 bridgehead atoms. The first-order chi connectivity index (χ1) is 13.6. The van der Waals surface area contributed by atoms with Crippen molar-refractivity contribution in [2.75, 3.05) is 32.8 Å². The van der Waals surface area contributed by atoms with Gasteiger partial charge in [0.15, 0.2) is 6.67 Å². The van der Waals surface area contributed by atoms with Crippen LogP contribution < -0.4 is 9.80 Å². The average molecular weight is 380 g/mol. The van der Waals surface area contributed by atoms with Crippen LogP contribution in [0.4, 0.5) is 0 Å². The number of hydrogen-bond donors (Lipinski definition) is 2. The third-order valence-corrected chi connectivity index (χ3v) is 6.19. The van der Waals surface area contributed by atoms with Gasteiger partial charge in [0.05, 0.1) is 5.92 Å². The Morgan fingerprint density at radius 3 is 2.25 bits per heavy atom. The maximum absolute atomic E-state index is 12.8. The first-order valence-corrected chi connectivity index (χ1v) is 10.2. The van der Waals surface area contributed by atoms with Crippen LogP contribution in [0.25, 0.3) is 0 Å². The number of imide groups is 1. The predicted molar refractivity (Wildman–Crippen MR) is 107 cm³/mol. The summed E-state index contributed by atoms with van der Waals surface area (Å²) in [6.07, 6.45) is 0.306. The second-order valence-electron chi connectivity index (χ2n) is 8.09. The van der Waals surface area contributed by atoms with E-state index in [9.17, 15) is 9.59 Å². The van der Waals surface area contributed by atoms with E-state index in [2.05, 4.69) is 31.2 Å². The predicted octanol–water partition coefficient (Wildman–Crippen LogP) is -0.221. The van der Waals surface area contributed by atoms with Crippen molar-refractivity contribution in [2.45, 2.75) is 25.8 Å². The number of aryl methyl sites for hydroxylation is 1. The van der Waals surface area contributed by atoms with E-state index in [0.29, 0.717) is 13.1 Å². The van der Waals surface area contributed by atoms with Gasteiger partial charge in [-0.1, -0.05) is 54.6 Å². The van der Waals surface area contributed by atoms with Crippen LogP contribution >= 0.6 is 0 Å². The minimum atomic E-state index is -0.305. The molecule has 2 aliphatic rings. The Balaban J connectivity index is 1.32. The van der Waals surface area contributed by atoms with Gasteiger partial charge in [-0.05, 0) is 18.1 Å². The first-order valence-electron chi connectivity index (χ1n) is 10.2. The number of piperazine rings is 1. The number of carbonyl (C=O) groups is 2. The monoisotopic (exact) mass is 379 g/mol. The molecule has 146 valence electrons. The number of nitrogens with one attached hydrogen (secondary N) is 2. The Kier molecular flexibility index (Phi) is 5.55. The average Bonchev–Trinajstić information content (AvgIpc) is 3.00. The summed E-state index contributed by atoms with van der Waals surface area (Å²) in [5.74, 6) is -0.361. The summed E-state index contributed by atoms with van der Waals surface area (Å²) in [5.41, 5.74) is 3.72. The second kappa shape index (κ2) is 8.25. The van der Waals surface area contributed by atoms with Crippen LogP contribution in [0.15, 0.2) is 54.6 Å². The van der Waals surface area contributed by atoms with Crippen molar-refractivity contribution in [3.63, 3.8) is 0 Å². The van der Waals surface area contributed by atoms with Gasteiger partial charge >= 0.3 is 0 Å². The fraction of sp³-hybridized carbons (Fsp3) is 0.391. The van der Waals surface area contributed by atoms with Crippen molar-refractivity contribution in [3.05, 3.63) is 71.3 Å². The van der Waals surface area contributed by atoms with Crippen molar-refractivity contribution < 1.29 is 19.4 Å². The maximum Gasteiger partial charge on any atom is 0.241 e. The lowest BCUT2D eigenvalue weighted by Gasteiger charge is -2.31. The van der Waals surface area contributed by atoms with Gasteiger partial charge in [-0.25, -0.2) is 4.90 Å². The summed E-state index contributed by atoms with van der Waals surface area (Å²) >= 11 is 0. The summed E-state index contributed by atoms with van der Waals surface area (Å²) in [7, 11) is 0. The zero-order chi connectivity index (χ0) is 19.5. The normalized spacial score (nSPS) is 25.3. The van der Waals surface area contributed by atoms with Crippen molar-refractivity contribution in [3.8, 4) is 0 Å². The minimum absolute atomic E-state index is 0.0268. The molecule has 2 heterocycles. The molecule has 0 spiro atoms. The Morgan fingerprint density at radius 2 is 1.54 bits per heavy atom. The molecule has 4 rings (SSSR count). The number of nitrogens with zero attached hydrogens (tertiary/aromatic N) is 1. The van der Waals surface area contributed by atoms with Crippen LogP contribution in [0.1, 0.15) is 29.0 Å². The Bertz CT molecular complexity index is 844. The molecule has 28 heavy (non-hydrogen) atoms. The molecule has 1 atom stereocenters. The van der Waals surface area contributed by atoms with Crippen molar-refractivity contribution in [1.29, 1.82) is 0 Å². The Labute approximate surface area is 166 Å². The van der Waals surface area contributed by atoms with E-state index >= 15 is 0 Å². The minimum Gasteiger partial charge on any atom is -0.322 e. The number of carbonyl (C=O) groups excluding carboxylic acids is 2. The first kappa shape index (κ1) is 18.8. The summed E-state index contributed by atoms with van der Waals surface area (Å²) in [5, 5.41) is 0. The lowest BCUT2D eigenvalue weighted by Crippen LogP contribution is -3.28. The van der Waals surface area contributed by atoms with E-state index < -0.39 is 0 Å². The highest BCUT2D eigenvalue weighted by Gasteiger charge is 2.41. The van der Waals surface area contributed by atoms with E-state index in [-0.39, 0.29) is 17.7 Å². The van der Waals surface area contributed by atoms with Crippen LogP contribution in [0.5, 0.6) is 0 Å². The standard InChI is InChI=1S/C23H27N3O2/c1-18-7-5-6-10-20(18)16-24-11-13-25(14-12-24)17-26-22(27)15-21(23(26)28)19-8-3-2-4-9-19/h2-10,21H,11-17H2,1H3/p+2/t21-/m1/s1. The lowest BCUT2D eigenvalue weighted by atomic mass is 9.98. The van der Waals surface area contributed by atoms with Gasteiger partial charge in [0.25, 0.3) is 0 Å². The molecule has 5 nitrogen and oxygen atoms in total. The summed E-state index contributed by atoms with van der Waals surface area (Å²) < 4.78 is 0. The van der Waals surface area contributed by atoms with E-state index in [1.165, 1.54) is 20.9 Å². The molecule has 0 radical (unpaired) electrons. The summed E-state index contributed by atoms with van der Waals surface area (Å²) in [6, 6.07) is 18.3. The van der Waals surface area contributed by atoms with Gasteiger partial charge in [-0.15, -0.1) is 0 Å². The van der Waals surface area contributed by atoms with Gasteiger partial charge in [0.2, 0.25) is 11.8 Å². The zero-order valence-corrected chi connectivity index (χ0v) is 16.5. The lowest BCUT2D eigenvalue weighted by molar-refractivity contribution is -1.02. The van der Waals surface area contributed by atoms with Gasteiger partial charge in [0, 0.05) is 12.0 Å². The molecule has 2 saturated heterocycles. The van der Waals surface area contributed by atoms with Gasteiger partial charge < -0.3 is 9.80 Å². The topological polar surface area (TPSA) is 46.3 Å². The summed E-state index contributed by atoms with van der Waals surface area (Å²) in [4.78, 5) is 29.7. The fourth-order valence-corrected chi connectivity index (χ4v) is 4.39. The molecular formula is C23H29N3O2+2. The van der Waals surface area contributed by atoms with Gasteiger partial charge in [-0.2, -0.15) is 0 Å². The fourth-order valence-electron chi connectivity index (χ4n) is 4.39. The van der Waals surface area contributed by atoms with Crippen LogP contribution in [0.2, 0.25) is 0 Å². The van der Waals surface area contributed by atoms with E-state index in [4.69, 9.17) is 0 Å². The smallest absolute Gasteiger partial charge is 0.241 e. The molecule has 2 amide bonds. The molecule has 0 saturated carbocycles. The summed E-state index contributed by atoms with van der Waals surface area (Å²) in [6.45, 7) is 7.87. The van der Waals surface area contributed by atoms with Gasteiger partial charge in [0.1, 0.15) is 32.7 Å². The molecule has 0 aliphatic carbocycles. The quantitative estimate of drug-likeness (QED) is 0.706. The van der Waals surface area contributed by atoms with Crippen LogP contribution in [0.3, 0.4) is 0 Å². The number of rotatable bonds is 5. The molecule has 5 heteroatoms. The van der Waals surface area contributed by atoms with E-state index in [1.807, 2.05) is 30.3 Å². The molecular weight excluding hydrogens is 350 g/mol. The number of quaternary nitrogens is 2.